The maximum Gasteiger partial charge on any atom is 0.329 e. The Bertz CT molecular complexity index is 1610. The molecule has 0 saturated carbocycles. The van der Waals surface area contributed by atoms with Crippen LogP contribution >= 0.6 is 0 Å². The van der Waals surface area contributed by atoms with E-state index in [1.54, 1.807) is 39.9 Å². The number of rotatable bonds is 3. The molecular weight excluding hydrogens is 450 g/mol. The molecule has 1 atom stereocenters. The van der Waals surface area contributed by atoms with Crippen LogP contribution in [0.4, 0.5) is 5.82 Å². The van der Waals surface area contributed by atoms with Crippen molar-refractivity contribution >= 4 is 33.7 Å². The first-order valence-corrected chi connectivity index (χ1v) is 11.1. The van der Waals surface area contributed by atoms with Gasteiger partial charge in [0.1, 0.15) is 17.8 Å². The van der Waals surface area contributed by atoms with E-state index < -0.39 is 17.4 Å². The number of nitrogens with zero attached hydrogens (tertiary/aromatic N) is 6. The number of aromatic amines is 1. The first-order chi connectivity index (χ1) is 16.9. The standard InChI is InChI=1S/C24H21N7O4/c1-13(32)23(34)30-9-7-15(8-10-30)31-21-16(22(33)29-24(31)35)12-26-18-5-4-17(28-20(18)21)14-3-6-19(25-2)27-11-14/h3-6,11-13,15,32H,7-10H2,1H3,(H,29,33,35)/t13-/m0/s1. The number of hydrogen-bond acceptors (Lipinski definition) is 7. The Morgan fingerprint density at radius 3 is 2.60 bits per heavy atom. The summed E-state index contributed by atoms with van der Waals surface area (Å²) < 4.78 is 1.54. The largest absolute Gasteiger partial charge is 0.384 e. The summed E-state index contributed by atoms with van der Waals surface area (Å²) in [6.07, 6.45) is 2.86. The minimum absolute atomic E-state index is 0.241. The number of hydrogen-bond donors (Lipinski definition) is 2. The van der Waals surface area contributed by atoms with Crippen LogP contribution in [0.2, 0.25) is 0 Å². The van der Waals surface area contributed by atoms with Crippen LogP contribution in [0.1, 0.15) is 25.8 Å². The minimum Gasteiger partial charge on any atom is -0.384 e. The number of pyridine rings is 3. The first kappa shape index (κ1) is 22.4. The molecule has 11 nitrogen and oxygen atoms in total. The fraction of sp³-hybridized carbons (Fsp3) is 0.292. The molecule has 4 aromatic heterocycles. The highest BCUT2D eigenvalue weighted by Crippen LogP contribution is 2.29. The summed E-state index contributed by atoms with van der Waals surface area (Å²) in [5.74, 6) is -0.0802. The lowest BCUT2D eigenvalue weighted by Crippen LogP contribution is -2.45. The summed E-state index contributed by atoms with van der Waals surface area (Å²) in [5.41, 5.74) is 1.45. The molecule has 1 fully saturated rings. The number of nitrogens with one attached hydrogen (secondary N) is 1. The summed E-state index contributed by atoms with van der Waals surface area (Å²) >= 11 is 0. The quantitative estimate of drug-likeness (QED) is 0.343. The molecule has 5 heterocycles. The number of piperidine rings is 1. The Hall–Kier alpha value is -4.43. The molecule has 0 bridgehead atoms. The van der Waals surface area contributed by atoms with E-state index in [2.05, 4.69) is 19.8 Å². The average Bonchev–Trinajstić information content (AvgIpc) is 2.88. The van der Waals surface area contributed by atoms with E-state index in [4.69, 9.17) is 11.6 Å². The molecule has 0 radical (unpaired) electrons. The maximum absolute atomic E-state index is 13.0. The van der Waals surface area contributed by atoms with Gasteiger partial charge in [-0.05, 0) is 38.0 Å². The van der Waals surface area contributed by atoms with Gasteiger partial charge < -0.3 is 14.9 Å². The van der Waals surface area contributed by atoms with Crippen LogP contribution in [0.5, 0.6) is 0 Å². The Labute approximate surface area is 198 Å². The molecule has 5 rings (SSSR count). The molecule has 11 heteroatoms. The second kappa shape index (κ2) is 8.73. The monoisotopic (exact) mass is 471 g/mol. The number of aliphatic hydroxyl groups is 1. The van der Waals surface area contributed by atoms with Gasteiger partial charge in [0, 0.05) is 30.9 Å². The van der Waals surface area contributed by atoms with Crippen molar-refractivity contribution in [1.82, 2.24) is 29.4 Å². The summed E-state index contributed by atoms with van der Waals surface area (Å²) in [5, 5.41) is 9.86. The zero-order valence-corrected chi connectivity index (χ0v) is 18.8. The number of carbonyl (C=O) groups excluding carboxylic acids is 1. The van der Waals surface area contributed by atoms with Crippen LogP contribution in [0.25, 0.3) is 38.0 Å². The first-order valence-electron chi connectivity index (χ1n) is 11.1. The summed E-state index contributed by atoms with van der Waals surface area (Å²) in [7, 11) is 0. The zero-order chi connectivity index (χ0) is 24.7. The number of carbonyl (C=O) groups is 1. The molecule has 176 valence electrons. The van der Waals surface area contributed by atoms with Gasteiger partial charge in [0.15, 0.2) is 0 Å². The fourth-order valence-electron chi connectivity index (χ4n) is 4.51. The Morgan fingerprint density at radius 1 is 1.17 bits per heavy atom. The van der Waals surface area contributed by atoms with Gasteiger partial charge in [-0.1, -0.05) is 12.6 Å². The number of H-pyrrole nitrogens is 1. The van der Waals surface area contributed by atoms with Crippen molar-refractivity contribution in [3.63, 3.8) is 0 Å². The van der Waals surface area contributed by atoms with E-state index in [1.165, 1.54) is 13.1 Å². The highest BCUT2D eigenvalue weighted by molar-refractivity contribution is 6.01. The van der Waals surface area contributed by atoms with E-state index in [0.29, 0.717) is 53.7 Å². The molecule has 0 aliphatic carbocycles. The van der Waals surface area contributed by atoms with E-state index in [0.717, 1.165) is 0 Å². The smallest absolute Gasteiger partial charge is 0.329 e. The van der Waals surface area contributed by atoms with Gasteiger partial charge in [-0.15, -0.1) is 4.98 Å². The molecule has 0 unspecified atom stereocenters. The van der Waals surface area contributed by atoms with E-state index in [1.807, 2.05) is 0 Å². The number of aromatic nitrogens is 5. The molecule has 1 amide bonds. The zero-order valence-electron chi connectivity index (χ0n) is 18.8. The van der Waals surface area contributed by atoms with Gasteiger partial charge in [0.05, 0.1) is 22.1 Å². The number of likely N-dealkylation sites (tertiary alicyclic amines) is 1. The molecule has 0 spiro atoms. The number of aliphatic hydroxyl groups excluding tert-OH is 1. The van der Waals surface area contributed by atoms with E-state index in [-0.39, 0.29) is 23.2 Å². The summed E-state index contributed by atoms with van der Waals surface area (Å²) in [6, 6.07) is 6.58. The molecule has 0 aromatic carbocycles. The van der Waals surface area contributed by atoms with Crippen LogP contribution in [-0.4, -0.2) is 59.6 Å². The lowest BCUT2D eigenvalue weighted by Gasteiger charge is -2.34. The molecule has 1 aliphatic rings. The van der Waals surface area contributed by atoms with Gasteiger partial charge in [-0.3, -0.25) is 24.1 Å². The summed E-state index contributed by atoms with van der Waals surface area (Å²) in [6.45, 7) is 9.26. The van der Waals surface area contributed by atoms with Crippen molar-refractivity contribution in [2.24, 2.45) is 0 Å². The van der Waals surface area contributed by atoms with Crippen LogP contribution in [0, 0.1) is 6.57 Å². The minimum atomic E-state index is -1.08. The normalized spacial score (nSPS) is 15.3. The molecule has 35 heavy (non-hydrogen) atoms. The highest BCUT2D eigenvalue weighted by atomic mass is 16.3. The van der Waals surface area contributed by atoms with Gasteiger partial charge >= 0.3 is 5.69 Å². The lowest BCUT2D eigenvalue weighted by atomic mass is 10.0. The predicted octanol–water partition coefficient (Wildman–Crippen LogP) is 1.79. The van der Waals surface area contributed by atoms with Crippen LogP contribution < -0.4 is 11.2 Å². The Balaban J connectivity index is 1.66. The van der Waals surface area contributed by atoms with E-state index >= 15 is 0 Å². The topological polar surface area (TPSA) is 138 Å². The molecule has 1 aliphatic heterocycles. The third kappa shape index (κ3) is 3.94. The van der Waals surface area contributed by atoms with Gasteiger partial charge in [0.2, 0.25) is 0 Å². The van der Waals surface area contributed by atoms with Crippen LogP contribution in [-0.2, 0) is 4.79 Å². The van der Waals surface area contributed by atoms with Gasteiger partial charge in [0.25, 0.3) is 17.3 Å². The van der Waals surface area contributed by atoms with Crippen molar-refractivity contribution in [2.75, 3.05) is 13.1 Å². The summed E-state index contributed by atoms with van der Waals surface area (Å²) in [4.78, 5) is 58.4. The van der Waals surface area contributed by atoms with Crippen molar-refractivity contribution < 1.29 is 9.90 Å². The third-order valence-corrected chi connectivity index (χ3v) is 6.27. The van der Waals surface area contributed by atoms with Gasteiger partial charge in [-0.25, -0.2) is 9.78 Å². The van der Waals surface area contributed by atoms with Crippen LogP contribution in [0.15, 0.2) is 46.2 Å². The van der Waals surface area contributed by atoms with Crippen molar-refractivity contribution in [2.45, 2.75) is 31.9 Å². The Kier molecular flexibility index (Phi) is 5.58. The van der Waals surface area contributed by atoms with Gasteiger partial charge in [-0.2, -0.15) is 0 Å². The second-order valence-corrected chi connectivity index (χ2v) is 8.46. The molecular formula is C24H21N7O4. The predicted molar refractivity (Wildman–Crippen MR) is 128 cm³/mol. The fourth-order valence-corrected chi connectivity index (χ4v) is 4.51. The lowest BCUT2D eigenvalue weighted by molar-refractivity contribution is -0.140. The van der Waals surface area contributed by atoms with Crippen molar-refractivity contribution in [1.29, 1.82) is 0 Å². The average molecular weight is 471 g/mol. The van der Waals surface area contributed by atoms with E-state index in [9.17, 15) is 19.5 Å². The maximum atomic E-state index is 13.0. The third-order valence-electron chi connectivity index (χ3n) is 6.27. The SMILES string of the molecule is [C-]#[N+]c1ccc(-c2ccc3ncc4c(=O)[nH]c(=O)n(C5CCN(C(=O)[C@H](C)O)CC5)c4c3n2)cn1. The Morgan fingerprint density at radius 2 is 1.94 bits per heavy atom. The van der Waals surface area contributed by atoms with Crippen molar-refractivity contribution in [3.8, 4) is 11.3 Å². The van der Waals surface area contributed by atoms with Crippen LogP contribution in [0.3, 0.4) is 0 Å². The highest BCUT2D eigenvalue weighted by Gasteiger charge is 2.28. The molecule has 4 aromatic rings. The molecule has 1 saturated heterocycles. The second-order valence-electron chi connectivity index (χ2n) is 8.46. The number of amides is 1. The number of fused-ring (bicyclic) bond motifs is 3. The molecule has 2 N–H and O–H groups in total. The van der Waals surface area contributed by atoms with Crippen molar-refractivity contribution in [3.05, 3.63) is 68.9 Å².